The number of amides is 1. The molecule has 2 aromatic rings. The van der Waals surface area contributed by atoms with Crippen molar-refractivity contribution in [2.24, 2.45) is 5.73 Å². The number of likely N-dealkylation sites (tertiary alicyclic amines) is 1. The third-order valence-electron chi connectivity index (χ3n) is 6.10. The molecular weight excluding hydrogens is 454 g/mol. The highest BCUT2D eigenvalue weighted by Gasteiger charge is 2.27. The molecule has 190 valence electrons. The van der Waals surface area contributed by atoms with Crippen LogP contribution in [-0.4, -0.2) is 66.8 Å². The molecule has 4 N–H and O–H groups in total. The Morgan fingerprint density at radius 2 is 2.00 bits per heavy atom. The van der Waals surface area contributed by atoms with E-state index in [4.69, 9.17) is 15.9 Å². The van der Waals surface area contributed by atoms with Crippen molar-refractivity contribution in [2.45, 2.75) is 39.3 Å². The first-order chi connectivity index (χ1) is 17.3. The van der Waals surface area contributed by atoms with Gasteiger partial charge in [-0.05, 0) is 81.8 Å². The maximum absolute atomic E-state index is 13.3. The predicted molar refractivity (Wildman–Crippen MR) is 142 cm³/mol. The molecule has 0 aromatic heterocycles. The van der Waals surface area contributed by atoms with Crippen LogP contribution in [0.15, 0.2) is 42.5 Å². The van der Waals surface area contributed by atoms with Gasteiger partial charge in [-0.25, -0.2) is 0 Å². The van der Waals surface area contributed by atoms with Crippen LogP contribution in [0.5, 0.6) is 0 Å². The van der Waals surface area contributed by atoms with Crippen LogP contribution < -0.4 is 11.1 Å². The molecule has 0 aliphatic carbocycles. The summed E-state index contributed by atoms with van der Waals surface area (Å²) in [6, 6.07) is 13.2. The Morgan fingerprint density at radius 1 is 1.25 bits per heavy atom. The molecule has 2 aromatic carbocycles. The number of ether oxygens (including phenoxy) is 1. The van der Waals surface area contributed by atoms with Gasteiger partial charge < -0.3 is 20.7 Å². The number of nitrogen functional groups attached to an aromatic ring is 1. The van der Waals surface area contributed by atoms with Crippen molar-refractivity contribution in [2.75, 3.05) is 38.6 Å². The number of carbonyl (C=O) groups is 2. The number of amidine groups is 1. The molecule has 1 unspecified atom stereocenters. The fourth-order valence-corrected chi connectivity index (χ4v) is 4.23. The number of esters is 1. The molecule has 1 aliphatic heterocycles. The van der Waals surface area contributed by atoms with Crippen molar-refractivity contribution in [3.8, 4) is 11.8 Å². The molecule has 1 atom stereocenters. The SMILES string of the molecule is CCOC(=O)CN(C)Cc1cc(C#CCNc2ccc(C(=N)N)cc2)ccc1C(=O)N1CCCC1C. The van der Waals surface area contributed by atoms with Gasteiger partial charge in [-0.2, -0.15) is 0 Å². The van der Waals surface area contributed by atoms with Gasteiger partial charge in [0.1, 0.15) is 5.84 Å². The predicted octanol–water partition coefficient (Wildman–Crippen LogP) is 3.05. The first-order valence-electron chi connectivity index (χ1n) is 12.2. The molecule has 0 bridgehead atoms. The number of rotatable bonds is 9. The molecule has 1 amide bonds. The lowest BCUT2D eigenvalue weighted by Crippen LogP contribution is -2.35. The van der Waals surface area contributed by atoms with Crippen LogP contribution in [0.3, 0.4) is 0 Å². The van der Waals surface area contributed by atoms with Crippen LogP contribution in [0.4, 0.5) is 5.69 Å². The van der Waals surface area contributed by atoms with Gasteiger partial charge >= 0.3 is 5.97 Å². The van der Waals surface area contributed by atoms with E-state index >= 15 is 0 Å². The molecule has 1 saturated heterocycles. The second kappa shape index (κ2) is 12.8. The average molecular weight is 490 g/mol. The van der Waals surface area contributed by atoms with E-state index in [1.54, 1.807) is 19.1 Å². The number of nitrogens with one attached hydrogen (secondary N) is 2. The number of nitrogens with zero attached hydrogens (tertiary/aromatic N) is 2. The van der Waals surface area contributed by atoms with E-state index < -0.39 is 0 Å². The minimum absolute atomic E-state index is 0.0229. The first-order valence-corrected chi connectivity index (χ1v) is 12.2. The van der Waals surface area contributed by atoms with Crippen molar-refractivity contribution in [3.63, 3.8) is 0 Å². The number of likely N-dealkylation sites (N-methyl/N-ethyl adjacent to an activating group) is 1. The fourth-order valence-electron chi connectivity index (χ4n) is 4.23. The van der Waals surface area contributed by atoms with Gasteiger partial charge in [-0.3, -0.25) is 19.9 Å². The number of nitrogens with two attached hydrogens (primary N) is 1. The van der Waals surface area contributed by atoms with Gasteiger partial charge in [0.25, 0.3) is 5.91 Å². The largest absolute Gasteiger partial charge is 0.465 e. The Bertz CT molecular complexity index is 1150. The Balaban J connectivity index is 1.74. The molecule has 36 heavy (non-hydrogen) atoms. The summed E-state index contributed by atoms with van der Waals surface area (Å²) >= 11 is 0. The normalized spacial score (nSPS) is 14.8. The van der Waals surface area contributed by atoms with E-state index in [1.165, 1.54) is 0 Å². The van der Waals surface area contributed by atoms with E-state index in [9.17, 15) is 9.59 Å². The van der Waals surface area contributed by atoms with Crippen LogP contribution in [0.2, 0.25) is 0 Å². The third kappa shape index (κ3) is 7.33. The lowest BCUT2D eigenvalue weighted by molar-refractivity contribution is -0.144. The molecule has 1 aliphatic rings. The molecular formula is C28H35N5O3. The Hall–Kier alpha value is -3.83. The van der Waals surface area contributed by atoms with Crippen molar-refractivity contribution >= 4 is 23.4 Å². The zero-order chi connectivity index (χ0) is 26.1. The minimum atomic E-state index is -0.292. The maximum Gasteiger partial charge on any atom is 0.320 e. The Morgan fingerprint density at radius 3 is 2.64 bits per heavy atom. The highest BCUT2D eigenvalue weighted by molar-refractivity contribution is 5.96. The Kier molecular flexibility index (Phi) is 9.48. The smallest absolute Gasteiger partial charge is 0.320 e. The van der Waals surface area contributed by atoms with Crippen LogP contribution in [0, 0.1) is 17.3 Å². The molecule has 0 radical (unpaired) electrons. The van der Waals surface area contributed by atoms with Gasteiger partial charge in [0, 0.05) is 41.5 Å². The summed E-state index contributed by atoms with van der Waals surface area (Å²) in [4.78, 5) is 29.0. The van der Waals surface area contributed by atoms with Crippen molar-refractivity contribution in [1.82, 2.24) is 9.80 Å². The van der Waals surface area contributed by atoms with Gasteiger partial charge in [0.05, 0.1) is 19.7 Å². The quantitative estimate of drug-likeness (QED) is 0.216. The van der Waals surface area contributed by atoms with Gasteiger partial charge in [-0.1, -0.05) is 11.8 Å². The summed E-state index contributed by atoms with van der Waals surface area (Å²) in [5, 5.41) is 10.7. The second-order valence-corrected chi connectivity index (χ2v) is 8.99. The number of anilines is 1. The molecule has 1 heterocycles. The highest BCUT2D eigenvalue weighted by atomic mass is 16.5. The standard InChI is InChI=1S/C28H35N5O3/c1-4-36-26(34)19-32(3)18-23-17-21(9-14-25(23)28(35)33-16-6-7-20(33)2)8-5-15-31-24-12-10-22(11-13-24)27(29)30/h9-14,17,20,31H,4,6-7,15-16,18-19H2,1-3H3,(H3,29,30). The molecule has 0 spiro atoms. The summed E-state index contributed by atoms with van der Waals surface area (Å²) in [7, 11) is 1.84. The molecule has 8 nitrogen and oxygen atoms in total. The van der Waals surface area contributed by atoms with E-state index in [-0.39, 0.29) is 30.3 Å². The monoisotopic (exact) mass is 489 g/mol. The van der Waals surface area contributed by atoms with Crippen molar-refractivity contribution < 1.29 is 14.3 Å². The summed E-state index contributed by atoms with van der Waals surface area (Å²) in [5.74, 6) is 6.04. The number of hydrogen-bond acceptors (Lipinski definition) is 6. The number of benzene rings is 2. The molecule has 3 rings (SSSR count). The minimum Gasteiger partial charge on any atom is -0.465 e. The summed E-state index contributed by atoms with van der Waals surface area (Å²) in [6.07, 6.45) is 2.02. The topological polar surface area (TPSA) is 112 Å². The van der Waals surface area contributed by atoms with E-state index in [0.29, 0.717) is 30.8 Å². The molecule has 0 saturated carbocycles. The van der Waals surface area contributed by atoms with Crippen molar-refractivity contribution in [1.29, 1.82) is 5.41 Å². The van der Waals surface area contributed by atoms with Crippen molar-refractivity contribution in [3.05, 3.63) is 64.7 Å². The average Bonchev–Trinajstić information content (AvgIpc) is 3.27. The van der Waals surface area contributed by atoms with E-state index in [0.717, 1.165) is 36.2 Å². The van der Waals surface area contributed by atoms with E-state index in [1.807, 2.05) is 47.2 Å². The van der Waals surface area contributed by atoms with E-state index in [2.05, 4.69) is 24.1 Å². The lowest BCUT2D eigenvalue weighted by Gasteiger charge is -2.24. The summed E-state index contributed by atoms with van der Waals surface area (Å²) < 4.78 is 5.07. The number of carbonyl (C=O) groups excluding carboxylic acids is 2. The summed E-state index contributed by atoms with van der Waals surface area (Å²) in [6.45, 7) is 5.97. The maximum atomic E-state index is 13.3. The second-order valence-electron chi connectivity index (χ2n) is 8.99. The van der Waals surface area contributed by atoms with Gasteiger partial charge in [-0.15, -0.1) is 0 Å². The van der Waals surface area contributed by atoms with Gasteiger partial charge in [0.2, 0.25) is 0 Å². The van der Waals surface area contributed by atoms with Crippen LogP contribution in [0.1, 0.15) is 53.7 Å². The fraction of sp³-hybridized carbons (Fsp3) is 0.393. The zero-order valence-electron chi connectivity index (χ0n) is 21.3. The summed E-state index contributed by atoms with van der Waals surface area (Å²) in [5.41, 5.74) is 9.33. The molecule has 8 heteroatoms. The third-order valence-corrected chi connectivity index (χ3v) is 6.10. The molecule has 1 fully saturated rings. The van der Waals surface area contributed by atoms with Gasteiger partial charge in [0.15, 0.2) is 0 Å². The Labute approximate surface area is 213 Å². The van der Waals surface area contributed by atoms with Crippen LogP contribution in [0.25, 0.3) is 0 Å². The highest BCUT2D eigenvalue weighted by Crippen LogP contribution is 2.23. The first kappa shape index (κ1) is 26.8. The lowest BCUT2D eigenvalue weighted by atomic mass is 10.0. The van der Waals surface area contributed by atoms with Crippen LogP contribution >= 0.6 is 0 Å². The zero-order valence-corrected chi connectivity index (χ0v) is 21.3. The number of hydrogen-bond donors (Lipinski definition) is 3. The van der Waals surface area contributed by atoms with Crippen LogP contribution in [-0.2, 0) is 16.1 Å².